The fourth-order valence-corrected chi connectivity index (χ4v) is 2.44. The zero-order valence-electron chi connectivity index (χ0n) is 10.9. The van der Waals surface area contributed by atoms with Crippen LogP contribution in [-0.4, -0.2) is 9.55 Å². The molecule has 2 aromatic carbocycles. The molecule has 0 amide bonds. The lowest BCUT2D eigenvalue weighted by Gasteiger charge is -2.08. The van der Waals surface area contributed by atoms with Gasteiger partial charge >= 0.3 is 0 Å². The molecule has 0 radical (unpaired) electrons. The van der Waals surface area contributed by atoms with Gasteiger partial charge in [-0.2, -0.15) is 0 Å². The van der Waals surface area contributed by atoms with Crippen molar-refractivity contribution in [3.8, 4) is 0 Å². The molecular weight excluding hydrogens is 309 g/mol. The van der Waals surface area contributed by atoms with Crippen molar-refractivity contribution in [1.82, 2.24) is 9.55 Å². The van der Waals surface area contributed by atoms with Crippen molar-refractivity contribution < 1.29 is 0 Å². The van der Waals surface area contributed by atoms with Crippen molar-refractivity contribution in [1.29, 1.82) is 0 Å². The lowest BCUT2D eigenvalue weighted by atomic mass is 10.2. The quantitative estimate of drug-likeness (QED) is 0.737. The van der Waals surface area contributed by atoms with Gasteiger partial charge in [-0.1, -0.05) is 29.3 Å². The summed E-state index contributed by atoms with van der Waals surface area (Å²) in [6, 6.07) is 10.4. The zero-order valence-corrected chi connectivity index (χ0v) is 12.4. The Morgan fingerprint density at radius 1 is 1.10 bits per heavy atom. The molecule has 4 nitrogen and oxygen atoms in total. The first-order chi connectivity index (χ1) is 10.0. The minimum atomic E-state index is -0.140. The first-order valence-corrected chi connectivity index (χ1v) is 6.99. The van der Waals surface area contributed by atoms with E-state index < -0.39 is 0 Å². The van der Waals surface area contributed by atoms with Gasteiger partial charge in [-0.15, -0.1) is 0 Å². The number of nitrogens with zero attached hydrogens (tertiary/aromatic N) is 2. The lowest BCUT2D eigenvalue weighted by Crippen LogP contribution is -2.21. The number of anilines is 1. The van der Waals surface area contributed by atoms with E-state index >= 15 is 0 Å². The average Bonchev–Trinajstić information content (AvgIpc) is 2.46. The molecule has 0 spiro atoms. The zero-order chi connectivity index (χ0) is 15.0. The van der Waals surface area contributed by atoms with Crippen molar-refractivity contribution in [2.45, 2.75) is 6.54 Å². The van der Waals surface area contributed by atoms with Crippen LogP contribution in [0.2, 0.25) is 10.0 Å². The third kappa shape index (κ3) is 2.73. The maximum Gasteiger partial charge on any atom is 0.261 e. The molecule has 1 aromatic heterocycles. The van der Waals surface area contributed by atoms with E-state index in [9.17, 15) is 4.79 Å². The van der Waals surface area contributed by atoms with Gasteiger partial charge in [-0.3, -0.25) is 9.36 Å². The van der Waals surface area contributed by atoms with Crippen LogP contribution in [0.25, 0.3) is 10.9 Å². The molecule has 0 saturated heterocycles. The molecule has 106 valence electrons. The lowest BCUT2D eigenvalue weighted by molar-refractivity contribution is 0.748. The van der Waals surface area contributed by atoms with Gasteiger partial charge in [0, 0.05) is 5.69 Å². The number of hydrogen-bond acceptors (Lipinski definition) is 3. The van der Waals surface area contributed by atoms with Crippen LogP contribution in [0.1, 0.15) is 5.56 Å². The number of nitrogen functional groups attached to an aromatic ring is 1. The molecule has 0 unspecified atom stereocenters. The fourth-order valence-electron chi connectivity index (χ4n) is 2.12. The molecule has 3 aromatic rings. The Labute approximate surface area is 130 Å². The first kappa shape index (κ1) is 13.9. The molecule has 0 bridgehead atoms. The number of benzene rings is 2. The largest absolute Gasteiger partial charge is 0.399 e. The van der Waals surface area contributed by atoms with Crippen LogP contribution in [0, 0.1) is 0 Å². The Hall–Kier alpha value is -2.04. The van der Waals surface area contributed by atoms with E-state index in [1.54, 1.807) is 30.3 Å². The number of rotatable bonds is 2. The Kier molecular flexibility index (Phi) is 3.57. The molecule has 0 aliphatic heterocycles. The topological polar surface area (TPSA) is 60.9 Å². The standard InChI is InChI=1S/C15H11Cl2N3O/c16-12-3-1-9(5-13(12)17)7-20-8-19-14-4-2-10(18)6-11(14)15(20)21/h1-6,8H,7,18H2. The Morgan fingerprint density at radius 3 is 2.67 bits per heavy atom. The van der Waals surface area contributed by atoms with Gasteiger partial charge in [-0.25, -0.2) is 4.98 Å². The minimum absolute atomic E-state index is 0.140. The number of halogens is 2. The van der Waals surface area contributed by atoms with Crippen LogP contribution in [0.4, 0.5) is 5.69 Å². The second-order valence-corrected chi connectivity index (χ2v) is 5.52. The van der Waals surface area contributed by atoms with E-state index in [2.05, 4.69) is 4.98 Å². The molecule has 0 fully saturated rings. The van der Waals surface area contributed by atoms with Crippen LogP contribution in [0.15, 0.2) is 47.5 Å². The van der Waals surface area contributed by atoms with Gasteiger partial charge in [0.1, 0.15) is 0 Å². The molecule has 0 aliphatic rings. The van der Waals surface area contributed by atoms with Crippen LogP contribution in [0.5, 0.6) is 0 Å². The number of hydrogen-bond donors (Lipinski definition) is 1. The Balaban J connectivity index is 2.06. The molecule has 2 N–H and O–H groups in total. The normalized spacial score (nSPS) is 11.0. The highest BCUT2D eigenvalue weighted by atomic mass is 35.5. The number of aromatic nitrogens is 2. The molecule has 3 rings (SSSR count). The van der Waals surface area contributed by atoms with E-state index in [-0.39, 0.29) is 5.56 Å². The summed E-state index contributed by atoms with van der Waals surface area (Å²) in [7, 11) is 0. The van der Waals surface area contributed by atoms with Gasteiger partial charge < -0.3 is 5.73 Å². The molecule has 0 atom stereocenters. The summed E-state index contributed by atoms with van der Waals surface area (Å²) in [4.78, 5) is 16.7. The van der Waals surface area contributed by atoms with Gasteiger partial charge in [-0.05, 0) is 35.9 Å². The van der Waals surface area contributed by atoms with Crippen molar-refractivity contribution in [2.75, 3.05) is 5.73 Å². The molecule has 0 aliphatic carbocycles. The van der Waals surface area contributed by atoms with E-state index in [4.69, 9.17) is 28.9 Å². The SMILES string of the molecule is Nc1ccc2ncn(Cc3ccc(Cl)c(Cl)c3)c(=O)c2c1. The third-order valence-electron chi connectivity index (χ3n) is 3.19. The van der Waals surface area contributed by atoms with Crippen LogP contribution in [-0.2, 0) is 6.54 Å². The smallest absolute Gasteiger partial charge is 0.261 e. The van der Waals surface area contributed by atoms with Gasteiger partial charge in [0.05, 0.1) is 33.8 Å². The predicted molar refractivity (Wildman–Crippen MR) is 86.0 cm³/mol. The summed E-state index contributed by atoms with van der Waals surface area (Å²) in [5.41, 5.74) is 7.62. The van der Waals surface area contributed by atoms with E-state index in [1.165, 1.54) is 10.9 Å². The highest BCUT2D eigenvalue weighted by Crippen LogP contribution is 2.22. The maximum absolute atomic E-state index is 12.4. The predicted octanol–water partition coefficient (Wildman–Crippen LogP) is 3.33. The molecule has 21 heavy (non-hydrogen) atoms. The van der Waals surface area contributed by atoms with Crippen LogP contribution < -0.4 is 11.3 Å². The molecule has 1 heterocycles. The van der Waals surface area contributed by atoms with Crippen molar-refractivity contribution in [2.24, 2.45) is 0 Å². The summed E-state index contributed by atoms with van der Waals surface area (Å²) in [6.45, 7) is 0.369. The molecule has 6 heteroatoms. The second kappa shape index (κ2) is 5.39. The van der Waals surface area contributed by atoms with Gasteiger partial charge in [0.15, 0.2) is 0 Å². The number of fused-ring (bicyclic) bond motifs is 1. The van der Waals surface area contributed by atoms with E-state index in [0.29, 0.717) is 33.2 Å². The third-order valence-corrected chi connectivity index (χ3v) is 3.92. The van der Waals surface area contributed by atoms with Crippen LogP contribution in [0.3, 0.4) is 0 Å². The summed E-state index contributed by atoms with van der Waals surface area (Å²) in [6.07, 6.45) is 1.52. The minimum Gasteiger partial charge on any atom is -0.399 e. The first-order valence-electron chi connectivity index (χ1n) is 6.23. The maximum atomic E-state index is 12.4. The van der Waals surface area contributed by atoms with Crippen molar-refractivity contribution in [3.63, 3.8) is 0 Å². The highest BCUT2D eigenvalue weighted by molar-refractivity contribution is 6.42. The molecule has 0 saturated carbocycles. The van der Waals surface area contributed by atoms with Crippen molar-refractivity contribution in [3.05, 3.63) is 68.7 Å². The summed E-state index contributed by atoms with van der Waals surface area (Å²) in [5, 5.41) is 1.44. The second-order valence-electron chi connectivity index (χ2n) is 4.70. The average molecular weight is 320 g/mol. The van der Waals surface area contributed by atoms with Crippen molar-refractivity contribution >= 4 is 39.8 Å². The van der Waals surface area contributed by atoms with E-state index in [0.717, 1.165) is 5.56 Å². The summed E-state index contributed by atoms with van der Waals surface area (Å²) >= 11 is 11.9. The Morgan fingerprint density at radius 2 is 1.90 bits per heavy atom. The van der Waals surface area contributed by atoms with Crippen LogP contribution >= 0.6 is 23.2 Å². The summed E-state index contributed by atoms with van der Waals surface area (Å²) in [5.74, 6) is 0. The van der Waals surface area contributed by atoms with Gasteiger partial charge in [0.2, 0.25) is 0 Å². The van der Waals surface area contributed by atoms with E-state index in [1.807, 2.05) is 6.07 Å². The van der Waals surface area contributed by atoms with Gasteiger partial charge in [0.25, 0.3) is 5.56 Å². The Bertz CT molecular complexity index is 890. The highest BCUT2D eigenvalue weighted by Gasteiger charge is 2.06. The molecular formula is C15H11Cl2N3O. The monoisotopic (exact) mass is 319 g/mol. The number of nitrogens with two attached hydrogens (primary N) is 1. The fraction of sp³-hybridized carbons (Fsp3) is 0.0667. The summed E-state index contributed by atoms with van der Waals surface area (Å²) < 4.78 is 1.52.